The van der Waals surface area contributed by atoms with E-state index in [0.29, 0.717) is 10.8 Å². The molecule has 0 atom stereocenters. The van der Waals surface area contributed by atoms with Gasteiger partial charge in [-0.2, -0.15) is 0 Å². The van der Waals surface area contributed by atoms with Gasteiger partial charge in [0.05, 0.1) is 16.9 Å². The number of hydrogen-bond donors (Lipinski definition) is 2. The van der Waals surface area contributed by atoms with Crippen LogP contribution >= 0.6 is 11.6 Å². The monoisotopic (exact) mass is 273 g/mol. The summed E-state index contributed by atoms with van der Waals surface area (Å²) in [4.78, 5) is 8.75. The van der Waals surface area contributed by atoms with Gasteiger partial charge in [0.2, 0.25) is 0 Å². The van der Waals surface area contributed by atoms with E-state index in [1.807, 2.05) is 48.1 Å². The highest BCUT2D eigenvalue weighted by Crippen LogP contribution is 2.26. The average Bonchev–Trinajstić information content (AvgIpc) is 2.89. The zero-order chi connectivity index (χ0) is 13.2. The molecule has 2 aromatic heterocycles. The number of fused-ring (bicyclic) bond motifs is 1. The van der Waals surface area contributed by atoms with Crippen LogP contribution in [0.5, 0.6) is 0 Å². The number of benzene rings is 1. The van der Waals surface area contributed by atoms with E-state index in [1.54, 1.807) is 6.20 Å². The lowest BCUT2D eigenvalue weighted by Crippen LogP contribution is -2.02. The number of aromatic nitrogens is 3. The fourth-order valence-corrected chi connectivity index (χ4v) is 2.01. The van der Waals surface area contributed by atoms with Gasteiger partial charge in [-0.05, 0) is 12.1 Å². The van der Waals surface area contributed by atoms with Crippen LogP contribution in [0.15, 0.2) is 42.9 Å². The van der Waals surface area contributed by atoms with E-state index in [0.717, 1.165) is 17.2 Å². The Kier molecular flexibility index (Phi) is 2.97. The molecule has 3 rings (SSSR count). The summed E-state index contributed by atoms with van der Waals surface area (Å²) in [5.41, 5.74) is 1.55. The molecule has 5 nitrogen and oxygen atoms in total. The predicted molar refractivity (Wildman–Crippen MR) is 77.3 cm³/mol. The van der Waals surface area contributed by atoms with E-state index in [-0.39, 0.29) is 0 Å². The molecule has 2 N–H and O–H groups in total. The summed E-state index contributed by atoms with van der Waals surface area (Å²) >= 11 is 6.14. The molecule has 1 aromatic carbocycles. The van der Waals surface area contributed by atoms with E-state index in [4.69, 9.17) is 11.6 Å². The first-order valence-corrected chi connectivity index (χ1v) is 6.19. The second-order valence-electron chi connectivity index (χ2n) is 3.99. The lowest BCUT2D eigenvalue weighted by molar-refractivity contribution is 1.12. The maximum absolute atomic E-state index is 6.14. The van der Waals surface area contributed by atoms with E-state index in [2.05, 4.69) is 20.6 Å². The van der Waals surface area contributed by atoms with Crippen LogP contribution in [0.3, 0.4) is 0 Å². The van der Waals surface area contributed by atoms with Crippen LogP contribution < -0.4 is 10.6 Å². The number of anilines is 3. The number of hydrogen-bond acceptors (Lipinski definition) is 4. The van der Waals surface area contributed by atoms with Crippen LogP contribution in [0, 0.1) is 0 Å². The van der Waals surface area contributed by atoms with Crippen LogP contribution in [0.4, 0.5) is 17.3 Å². The van der Waals surface area contributed by atoms with Gasteiger partial charge >= 0.3 is 0 Å². The fraction of sp³-hybridized carbons (Fsp3) is 0.0769. The van der Waals surface area contributed by atoms with Crippen molar-refractivity contribution in [3.63, 3.8) is 0 Å². The molecule has 0 fully saturated rings. The molecular weight excluding hydrogens is 262 g/mol. The Morgan fingerprint density at radius 1 is 1.26 bits per heavy atom. The summed E-state index contributed by atoms with van der Waals surface area (Å²) in [6, 6.07) is 7.53. The molecule has 0 bridgehead atoms. The van der Waals surface area contributed by atoms with Gasteiger partial charge in [0.1, 0.15) is 5.82 Å². The van der Waals surface area contributed by atoms with Crippen LogP contribution in [-0.4, -0.2) is 21.4 Å². The third-order valence-corrected chi connectivity index (χ3v) is 3.09. The molecule has 0 amide bonds. The van der Waals surface area contributed by atoms with Crippen molar-refractivity contribution in [3.8, 4) is 0 Å². The SMILES string of the molecule is CNc1cn2ccnc2c(Nc2ccccc2Cl)n1. The van der Waals surface area contributed by atoms with Crippen LogP contribution in [0.25, 0.3) is 5.65 Å². The van der Waals surface area contributed by atoms with Gasteiger partial charge in [-0.1, -0.05) is 23.7 Å². The molecule has 0 radical (unpaired) electrons. The zero-order valence-electron chi connectivity index (χ0n) is 10.3. The Morgan fingerprint density at radius 3 is 2.89 bits per heavy atom. The number of halogens is 1. The Labute approximate surface area is 115 Å². The lowest BCUT2D eigenvalue weighted by Gasteiger charge is -2.10. The second-order valence-corrected chi connectivity index (χ2v) is 4.39. The maximum Gasteiger partial charge on any atom is 0.180 e. The zero-order valence-corrected chi connectivity index (χ0v) is 11.0. The molecule has 0 saturated heterocycles. The predicted octanol–water partition coefficient (Wildman–Crippen LogP) is 3.17. The number of imidazole rings is 1. The molecule has 0 spiro atoms. The number of nitrogens with one attached hydrogen (secondary N) is 2. The summed E-state index contributed by atoms with van der Waals surface area (Å²) in [6.45, 7) is 0. The van der Waals surface area contributed by atoms with Crippen molar-refractivity contribution in [1.82, 2.24) is 14.4 Å². The minimum atomic E-state index is 0.642. The molecule has 96 valence electrons. The number of para-hydroxylation sites is 1. The van der Waals surface area contributed by atoms with Crippen molar-refractivity contribution >= 4 is 34.6 Å². The summed E-state index contributed by atoms with van der Waals surface area (Å²) in [5, 5.41) is 6.87. The average molecular weight is 274 g/mol. The van der Waals surface area contributed by atoms with Crippen molar-refractivity contribution in [2.45, 2.75) is 0 Å². The standard InChI is InChI=1S/C13H12ClN5/c1-15-11-8-19-7-6-16-13(19)12(18-11)17-10-5-3-2-4-9(10)14/h2-8,15H,1H3,(H,17,18). The van der Waals surface area contributed by atoms with Gasteiger partial charge < -0.3 is 15.0 Å². The Hall–Kier alpha value is -2.27. The quantitative estimate of drug-likeness (QED) is 0.770. The first-order chi connectivity index (χ1) is 9.28. The first-order valence-electron chi connectivity index (χ1n) is 5.81. The van der Waals surface area contributed by atoms with Crippen molar-refractivity contribution in [2.24, 2.45) is 0 Å². The van der Waals surface area contributed by atoms with Crippen molar-refractivity contribution in [3.05, 3.63) is 47.9 Å². The number of nitrogens with zero attached hydrogens (tertiary/aromatic N) is 3. The highest BCUT2D eigenvalue weighted by atomic mass is 35.5. The van der Waals surface area contributed by atoms with E-state index in [9.17, 15) is 0 Å². The largest absolute Gasteiger partial charge is 0.372 e. The van der Waals surface area contributed by atoms with Gasteiger partial charge in [-0.15, -0.1) is 0 Å². The van der Waals surface area contributed by atoms with Crippen LogP contribution in [0.1, 0.15) is 0 Å². The van der Waals surface area contributed by atoms with Crippen LogP contribution in [0.2, 0.25) is 5.02 Å². The maximum atomic E-state index is 6.14. The third kappa shape index (κ3) is 2.20. The molecule has 0 unspecified atom stereocenters. The molecule has 0 aliphatic carbocycles. The van der Waals surface area contributed by atoms with Crippen LogP contribution in [-0.2, 0) is 0 Å². The molecule has 6 heteroatoms. The minimum Gasteiger partial charge on any atom is -0.372 e. The van der Waals surface area contributed by atoms with Crippen molar-refractivity contribution in [1.29, 1.82) is 0 Å². The van der Waals surface area contributed by atoms with Crippen molar-refractivity contribution < 1.29 is 0 Å². The van der Waals surface area contributed by atoms with E-state index >= 15 is 0 Å². The molecule has 2 heterocycles. The summed E-state index contributed by atoms with van der Waals surface area (Å²) in [7, 11) is 1.82. The van der Waals surface area contributed by atoms with Gasteiger partial charge in [-0.25, -0.2) is 9.97 Å². The molecule has 0 aliphatic heterocycles. The Balaban J connectivity index is 2.09. The van der Waals surface area contributed by atoms with Crippen molar-refractivity contribution in [2.75, 3.05) is 17.7 Å². The van der Waals surface area contributed by atoms with Gasteiger partial charge in [0.15, 0.2) is 11.5 Å². The van der Waals surface area contributed by atoms with Gasteiger partial charge in [0.25, 0.3) is 0 Å². The second kappa shape index (κ2) is 4.78. The minimum absolute atomic E-state index is 0.642. The molecule has 0 saturated carbocycles. The normalized spacial score (nSPS) is 10.6. The number of rotatable bonds is 3. The fourth-order valence-electron chi connectivity index (χ4n) is 1.83. The highest BCUT2D eigenvalue weighted by molar-refractivity contribution is 6.33. The molecule has 0 aliphatic rings. The highest BCUT2D eigenvalue weighted by Gasteiger charge is 2.08. The first kappa shape index (κ1) is 11.8. The van der Waals surface area contributed by atoms with Gasteiger partial charge in [-0.3, -0.25) is 0 Å². The smallest absolute Gasteiger partial charge is 0.180 e. The molecule has 3 aromatic rings. The molecule has 19 heavy (non-hydrogen) atoms. The summed E-state index contributed by atoms with van der Waals surface area (Å²) in [6.07, 6.45) is 5.48. The lowest BCUT2D eigenvalue weighted by atomic mass is 10.3. The topological polar surface area (TPSA) is 54.2 Å². The summed E-state index contributed by atoms with van der Waals surface area (Å²) in [5.74, 6) is 1.41. The molecular formula is C13H12ClN5. The Morgan fingerprint density at radius 2 is 2.11 bits per heavy atom. The Bertz CT molecular complexity index is 722. The van der Waals surface area contributed by atoms with Gasteiger partial charge in [0, 0.05) is 19.4 Å². The third-order valence-electron chi connectivity index (χ3n) is 2.76. The van der Waals surface area contributed by atoms with E-state index < -0.39 is 0 Å². The van der Waals surface area contributed by atoms with E-state index in [1.165, 1.54) is 0 Å². The summed E-state index contributed by atoms with van der Waals surface area (Å²) < 4.78 is 1.90.